The Morgan fingerprint density at radius 3 is 0.648 bits per heavy atom. The summed E-state index contributed by atoms with van der Waals surface area (Å²) in [6.07, 6.45) is 10.9. The van der Waals surface area contributed by atoms with Crippen molar-refractivity contribution in [3.63, 3.8) is 0 Å². The van der Waals surface area contributed by atoms with E-state index < -0.39 is 207 Å². The summed E-state index contributed by atoms with van der Waals surface area (Å²) in [4.78, 5) is 204. The zero-order valence-corrected chi connectivity index (χ0v) is 74.5. The second kappa shape index (κ2) is 56.2. The van der Waals surface area contributed by atoms with Crippen LogP contribution in [0.5, 0.6) is 28.7 Å². The molecule has 4 N–H and O–H groups in total. The van der Waals surface area contributed by atoms with Gasteiger partial charge in [0, 0.05) is 34.6 Å². The molecule has 0 amide bonds. The second-order valence-electron chi connectivity index (χ2n) is 31.1. The maximum Gasteiger partial charge on any atom is 0.341 e. The Hall–Kier alpha value is -12.1. The van der Waals surface area contributed by atoms with Crippen molar-refractivity contribution in [3.05, 3.63) is 149 Å². The number of hydrogen-bond acceptors (Lipinski definition) is 35. The molecule has 0 radical (unpaired) electrons. The van der Waals surface area contributed by atoms with Crippen LogP contribution >= 0.6 is 11.6 Å². The number of benzene rings is 5. The van der Waals surface area contributed by atoms with Crippen LogP contribution in [0.4, 0.5) is 0 Å². The molecule has 36 heteroatoms. The average molecular weight is 1820 g/mol. The molecule has 0 aliphatic heterocycles. The number of ether oxygens (including phenoxy) is 15. The lowest BCUT2D eigenvalue weighted by Gasteiger charge is -2.32. The van der Waals surface area contributed by atoms with E-state index in [1.54, 1.807) is 12.1 Å². The Morgan fingerprint density at radius 2 is 0.438 bits per heavy atom. The van der Waals surface area contributed by atoms with Crippen molar-refractivity contribution in [1.82, 2.24) is 0 Å². The summed E-state index contributed by atoms with van der Waals surface area (Å²) in [7, 11) is 0. The predicted molar refractivity (Wildman–Crippen MR) is 456 cm³/mol. The molecule has 0 aliphatic rings. The van der Waals surface area contributed by atoms with Crippen LogP contribution in [0.25, 0.3) is 0 Å². The number of aliphatic hydroxyl groups is 4. The first-order valence-electron chi connectivity index (χ1n) is 40.7. The fourth-order valence-electron chi connectivity index (χ4n) is 10.6. The lowest BCUT2D eigenvalue weighted by atomic mass is 9.90. The number of esters is 15. The van der Waals surface area contributed by atoms with Crippen molar-refractivity contribution in [2.24, 2.45) is 32.5 Å². The van der Waals surface area contributed by atoms with Gasteiger partial charge in [-0.25, -0.2) is 19.2 Å². The zero-order valence-electron chi connectivity index (χ0n) is 73.8. The maximum atomic E-state index is 14.5. The van der Waals surface area contributed by atoms with Gasteiger partial charge in [0.2, 0.25) is 0 Å². The summed E-state index contributed by atoms with van der Waals surface area (Å²) in [6.45, 7) is 8.65. The molecule has 0 unspecified atom stereocenters. The van der Waals surface area contributed by atoms with Crippen molar-refractivity contribution in [3.8, 4) is 28.7 Å². The summed E-state index contributed by atoms with van der Waals surface area (Å²) in [6, 6.07) is 28.6. The fourth-order valence-corrected chi connectivity index (χ4v) is 10.8. The van der Waals surface area contributed by atoms with Gasteiger partial charge in [-0.05, 0) is 127 Å². The minimum Gasteiger partial charge on any atom is -0.465 e. The van der Waals surface area contributed by atoms with Crippen molar-refractivity contribution in [2.75, 3.05) is 92.5 Å². The Bertz CT molecular complexity index is 4180. The third-order valence-corrected chi connectivity index (χ3v) is 19.0. The smallest absolute Gasteiger partial charge is 0.341 e. The van der Waals surface area contributed by atoms with Gasteiger partial charge in [0.1, 0.15) is 136 Å². The highest BCUT2D eigenvalue weighted by molar-refractivity contribution is 6.68. The van der Waals surface area contributed by atoms with Crippen molar-refractivity contribution in [1.29, 1.82) is 0 Å². The van der Waals surface area contributed by atoms with Gasteiger partial charge in [-0.2, -0.15) is 0 Å². The van der Waals surface area contributed by atoms with Gasteiger partial charge >= 0.3 is 89.5 Å². The zero-order chi connectivity index (χ0) is 95.1. The van der Waals surface area contributed by atoms with Crippen molar-refractivity contribution in [2.45, 2.75) is 174 Å². The Balaban J connectivity index is 0.000000962. The van der Waals surface area contributed by atoms with E-state index in [0.29, 0.717) is 19.3 Å². The maximum absolute atomic E-state index is 14.5. The van der Waals surface area contributed by atoms with Crippen LogP contribution in [0.1, 0.15) is 226 Å². The van der Waals surface area contributed by atoms with Gasteiger partial charge in [-0.1, -0.05) is 146 Å². The van der Waals surface area contributed by atoms with Gasteiger partial charge in [0.15, 0.2) is 0 Å². The van der Waals surface area contributed by atoms with Crippen LogP contribution in [0.3, 0.4) is 0 Å². The van der Waals surface area contributed by atoms with Crippen LogP contribution in [0.2, 0.25) is 0 Å². The standard InChI is InChI=1S/C59H66O22.C23H42O10.C9H7ClO3.CH4/c1-9-10-11-12-13-22-31-71-54(68)59(8,36-76-55(69)57(6,32-72-50(64)42-23-14-18-27-46(42)78-38(2)60)33-73-51(65)43-24-15-19-28-47(43)79-39(3)61)37-77-56(70)58(7,34-74-52(66)44-25-16-20-29-48(44)80-40(4)62)35-75-53(67)45-26-17-21-30-49(45)81-41(5)63;1-5-6-7-8-9-10-11-31-20(30)23(4,16-32-18(28)21(2,12-24)13-25)17-33-19(29)22(3,14-26)15-27;1-6(11)13-8-5-3-2-4-7(8)9(10)12;/h14-21,23-30H,9-13,22,31-37H2,1-8H3;24-27H,5-17H2,1-4H3;2-5H,1H3;1H4. The van der Waals surface area contributed by atoms with Crippen LogP contribution < -0.4 is 23.7 Å². The number of carbonyl (C=O) groups is 16. The molecule has 128 heavy (non-hydrogen) atoms. The summed E-state index contributed by atoms with van der Waals surface area (Å²) >= 11 is 5.26. The van der Waals surface area contributed by atoms with Crippen LogP contribution in [0.15, 0.2) is 121 Å². The predicted octanol–water partition coefficient (Wildman–Crippen LogP) is 11.7. The van der Waals surface area contributed by atoms with E-state index in [-0.39, 0.29) is 77.2 Å². The third kappa shape index (κ3) is 37.5. The molecule has 35 nitrogen and oxygen atoms in total. The van der Waals surface area contributed by atoms with E-state index in [0.717, 1.165) is 85.5 Å². The normalized spacial score (nSPS) is 11.2. The lowest BCUT2D eigenvalue weighted by Crippen LogP contribution is -2.46. The highest BCUT2D eigenvalue weighted by Crippen LogP contribution is 2.34. The van der Waals surface area contributed by atoms with E-state index in [1.807, 2.05) is 0 Å². The van der Waals surface area contributed by atoms with Crippen molar-refractivity contribution < 1.29 is 168 Å². The van der Waals surface area contributed by atoms with Crippen LogP contribution in [-0.4, -0.2) is 208 Å². The SMILES string of the molecule is C.CC(=O)Oc1ccccc1C(=O)Cl.CCCCCCCCOC(=O)C(C)(COC(=O)C(C)(CO)CO)COC(=O)C(C)(CO)CO.CCCCCCCCOC(=O)C(C)(COC(=O)C(C)(COC(=O)c1ccccc1OC(C)=O)COC(=O)c1ccccc1OC(C)=O)COC(=O)C(C)(COC(=O)c1ccccc1OC(C)=O)COC(=O)c1ccccc1OC(C)=O. The molecule has 0 fully saturated rings. The Labute approximate surface area is 748 Å². The molecule has 5 rings (SSSR count). The third-order valence-electron chi connectivity index (χ3n) is 18.8. The topological polar surface area (TPSA) is 492 Å². The van der Waals surface area contributed by atoms with Gasteiger partial charge in [0.25, 0.3) is 5.24 Å². The highest BCUT2D eigenvalue weighted by atomic mass is 35.5. The summed E-state index contributed by atoms with van der Waals surface area (Å²) in [5, 5.41) is 36.8. The molecule has 0 atom stereocenters. The molecule has 0 aromatic heterocycles. The van der Waals surface area contributed by atoms with E-state index >= 15 is 0 Å². The number of para-hydroxylation sites is 5. The minimum absolute atomic E-state index is 0. The van der Waals surface area contributed by atoms with E-state index in [2.05, 4.69) is 13.8 Å². The number of hydrogen-bond donors (Lipinski definition) is 4. The molecule has 0 aliphatic carbocycles. The second-order valence-corrected chi connectivity index (χ2v) is 31.5. The van der Waals surface area contributed by atoms with Gasteiger partial charge in [-0.15, -0.1) is 0 Å². The van der Waals surface area contributed by atoms with Crippen LogP contribution in [-0.2, 0) is 100 Å². The summed E-state index contributed by atoms with van der Waals surface area (Å²) in [5.41, 5.74) is -11.6. The summed E-state index contributed by atoms with van der Waals surface area (Å²) in [5.74, 6) is -14.3. The number of halogens is 1. The van der Waals surface area contributed by atoms with Crippen molar-refractivity contribution >= 4 is 106 Å². The number of unbranched alkanes of at least 4 members (excludes halogenated alkanes) is 10. The fraction of sp³-hybridized carbons (Fsp3) is 0.500. The molecular weight excluding hydrogens is 1700 g/mol. The molecule has 704 valence electrons. The highest BCUT2D eigenvalue weighted by Gasteiger charge is 2.48. The molecule has 0 saturated carbocycles. The molecule has 5 aromatic rings. The van der Waals surface area contributed by atoms with Gasteiger partial charge < -0.3 is 91.5 Å². The van der Waals surface area contributed by atoms with Gasteiger partial charge in [0.05, 0.1) is 45.2 Å². The molecule has 0 spiro atoms. The molecular formula is C92H119ClO35. The Kier molecular flexibility index (Phi) is 49.2. The van der Waals surface area contributed by atoms with Crippen LogP contribution in [0, 0.1) is 32.5 Å². The molecule has 0 heterocycles. The molecule has 5 aromatic carbocycles. The molecule has 0 bridgehead atoms. The van der Waals surface area contributed by atoms with E-state index in [4.69, 9.17) is 82.7 Å². The largest absolute Gasteiger partial charge is 0.465 e. The first-order valence-corrected chi connectivity index (χ1v) is 41.1. The quantitative estimate of drug-likeness (QED) is 0.00923. The van der Waals surface area contributed by atoms with E-state index in [9.17, 15) is 97.1 Å². The lowest BCUT2D eigenvalue weighted by molar-refractivity contribution is -0.181. The first-order chi connectivity index (χ1) is 60.0. The average Bonchev–Trinajstić information content (AvgIpc) is 0.809. The minimum atomic E-state index is -2.10. The molecule has 0 saturated heterocycles. The number of carbonyl (C=O) groups excluding carboxylic acids is 16. The number of rotatable bonds is 50. The first kappa shape index (κ1) is 112. The monoisotopic (exact) mass is 1820 g/mol. The Morgan fingerprint density at radius 1 is 0.258 bits per heavy atom. The summed E-state index contributed by atoms with van der Waals surface area (Å²) < 4.78 is 80.5. The van der Waals surface area contributed by atoms with E-state index in [1.165, 1.54) is 158 Å². The number of aliphatic hydroxyl groups excluding tert-OH is 4. The van der Waals surface area contributed by atoms with Gasteiger partial charge in [-0.3, -0.25) is 57.5 Å².